The molecule has 0 saturated heterocycles. The van der Waals surface area contributed by atoms with Crippen molar-refractivity contribution >= 4 is 0 Å². The zero-order valence-corrected chi connectivity index (χ0v) is 9.52. The molecule has 0 amide bonds. The lowest BCUT2D eigenvalue weighted by atomic mass is 10.1. The molecule has 1 aliphatic heterocycles. The molecule has 0 aromatic carbocycles. The lowest BCUT2D eigenvalue weighted by molar-refractivity contribution is 0.702. The van der Waals surface area contributed by atoms with Gasteiger partial charge >= 0.3 is 0 Å². The first-order valence-electron chi connectivity index (χ1n) is 5.14. The second kappa shape index (κ2) is 4.89. The predicted molar refractivity (Wildman–Crippen MR) is 61.9 cm³/mol. The molecule has 1 rings (SSSR count). The molecular weight excluding hydrogens is 172 g/mol. The van der Waals surface area contributed by atoms with Crippen molar-refractivity contribution in [3.63, 3.8) is 0 Å². The lowest BCUT2D eigenvalue weighted by Crippen LogP contribution is -2.15. The summed E-state index contributed by atoms with van der Waals surface area (Å²) in [7, 11) is 0. The zero-order valence-electron chi connectivity index (χ0n) is 9.52. The van der Waals surface area contributed by atoms with Crippen LogP contribution in [0.15, 0.2) is 35.2 Å². The van der Waals surface area contributed by atoms with Gasteiger partial charge in [-0.05, 0) is 62.9 Å². The highest BCUT2D eigenvalue weighted by atomic mass is 14.9. The van der Waals surface area contributed by atoms with Gasteiger partial charge < -0.3 is 10.6 Å². The monoisotopic (exact) mass is 192 g/mol. The zero-order chi connectivity index (χ0) is 10.6. The van der Waals surface area contributed by atoms with Crippen molar-refractivity contribution in [1.82, 2.24) is 10.6 Å². The first-order chi connectivity index (χ1) is 6.61. The third-order valence-electron chi connectivity index (χ3n) is 2.31. The maximum atomic E-state index is 3.26. The highest BCUT2D eigenvalue weighted by Gasteiger charge is 2.07. The van der Waals surface area contributed by atoms with Gasteiger partial charge in [-0.1, -0.05) is 0 Å². The molecule has 0 aliphatic carbocycles. The van der Waals surface area contributed by atoms with E-state index in [-0.39, 0.29) is 0 Å². The van der Waals surface area contributed by atoms with Gasteiger partial charge in [-0.2, -0.15) is 0 Å². The molecule has 0 saturated carbocycles. The molecule has 0 aromatic heterocycles. The predicted octanol–water partition coefficient (Wildman–Crippen LogP) is 2.32. The van der Waals surface area contributed by atoms with Crippen LogP contribution < -0.4 is 10.6 Å². The standard InChI is InChI=1S/C12H20N2/c1-9(2)14-6-5-10(3)12-8-13-7-11(12)4/h5-7,9,13-14H,8H2,1-4H3/b6-5-,12-10+. The molecule has 2 N–H and O–H groups in total. The molecule has 0 bridgehead atoms. The molecule has 0 spiro atoms. The summed E-state index contributed by atoms with van der Waals surface area (Å²) in [5, 5.41) is 6.49. The van der Waals surface area contributed by atoms with Crippen LogP contribution in [0.3, 0.4) is 0 Å². The fourth-order valence-corrected chi connectivity index (χ4v) is 1.45. The lowest BCUT2D eigenvalue weighted by Gasteiger charge is -2.05. The molecule has 2 heteroatoms. The minimum atomic E-state index is 0.502. The highest BCUT2D eigenvalue weighted by molar-refractivity contribution is 5.42. The number of hydrogen-bond acceptors (Lipinski definition) is 2. The smallest absolute Gasteiger partial charge is 0.0401 e. The van der Waals surface area contributed by atoms with E-state index in [0.29, 0.717) is 6.04 Å². The van der Waals surface area contributed by atoms with Crippen LogP contribution in [0, 0.1) is 0 Å². The van der Waals surface area contributed by atoms with E-state index < -0.39 is 0 Å². The maximum absolute atomic E-state index is 3.26. The fourth-order valence-electron chi connectivity index (χ4n) is 1.45. The van der Waals surface area contributed by atoms with E-state index in [4.69, 9.17) is 0 Å². The van der Waals surface area contributed by atoms with E-state index >= 15 is 0 Å². The van der Waals surface area contributed by atoms with E-state index in [1.165, 1.54) is 16.7 Å². The normalized spacial score (nSPS) is 19.9. The molecule has 0 fully saturated rings. The average molecular weight is 192 g/mol. The van der Waals surface area contributed by atoms with Crippen LogP contribution in [0.2, 0.25) is 0 Å². The molecule has 1 aliphatic rings. The summed E-state index contributed by atoms with van der Waals surface area (Å²) in [6.45, 7) is 9.52. The topological polar surface area (TPSA) is 24.1 Å². The Labute approximate surface area is 86.8 Å². The largest absolute Gasteiger partial charge is 0.389 e. The summed E-state index contributed by atoms with van der Waals surface area (Å²) >= 11 is 0. The number of hydrogen-bond donors (Lipinski definition) is 2. The van der Waals surface area contributed by atoms with Crippen molar-refractivity contribution in [2.45, 2.75) is 33.7 Å². The second-order valence-electron chi connectivity index (χ2n) is 4.02. The van der Waals surface area contributed by atoms with Gasteiger partial charge in [0.1, 0.15) is 0 Å². The van der Waals surface area contributed by atoms with Crippen molar-refractivity contribution in [2.24, 2.45) is 0 Å². The molecule has 0 radical (unpaired) electrons. The first kappa shape index (κ1) is 10.9. The second-order valence-corrected chi connectivity index (χ2v) is 4.02. The summed E-state index contributed by atoms with van der Waals surface area (Å²) in [4.78, 5) is 0. The fraction of sp³-hybridized carbons (Fsp3) is 0.500. The molecule has 78 valence electrons. The molecular formula is C12H20N2. The van der Waals surface area contributed by atoms with Crippen LogP contribution in [-0.4, -0.2) is 12.6 Å². The van der Waals surface area contributed by atoms with Crippen molar-refractivity contribution in [1.29, 1.82) is 0 Å². The van der Waals surface area contributed by atoms with E-state index in [2.05, 4.69) is 50.6 Å². The van der Waals surface area contributed by atoms with E-state index in [0.717, 1.165) is 6.54 Å². The van der Waals surface area contributed by atoms with Crippen molar-refractivity contribution in [3.05, 3.63) is 35.2 Å². The van der Waals surface area contributed by atoms with Gasteiger partial charge in [-0.3, -0.25) is 0 Å². The molecule has 2 nitrogen and oxygen atoms in total. The van der Waals surface area contributed by atoms with Crippen molar-refractivity contribution < 1.29 is 0 Å². The molecule has 0 atom stereocenters. The average Bonchev–Trinajstić information content (AvgIpc) is 2.50. The van der Waals surface area contributed by atoms with Gasteiger partial charge in [0.15, 0.2) is 0 Å². The van der Waals surface area contributed by atoms with Crippen LogP contribution in [-0.2, 0) is 0 Å². The molecule has 1 heterocycles. The van der Waals surface area contributed by atoms with Crippen LogP contribution in [0.25, 0.3) is 0 Å². The Morgan fingerprint density at radius 3 is 2.79 bits per heavy atom. The Balaban J connectivity index is 2.60. The van der Waals surface area contributed by atoms with E-state index in [1.54, 1.807) is 0 Å². The summed E-state index contributed by atoms with van der Waals surface area (Å²) in [5.74, 6) is 0. The van der Waals surface area contributed by atoms with Crippen molar-refractivity contribution in [2.75, 3.05) is 6.54 Å². The number of nitrogens with one attached hydrogen (secondary N) is 2. The van der Waals surface area contributed by atoms with Crippen LogP contribution in [0.1, 0.15) is 27.7 Å². The Morgan fingerprint density at radius 2 is 2.29 bits per heavy atom. The van der Waals surface area contributed by atoms with Gasteiger partial charge in [0, 0.05) is 12.6 Å². The van der Waals surface area contributed by atoms with Crippen LogP contribution in [0.4, 0.5) is 0 Å². The Bertz CT molecular complexity index is 283. The molecule has 0 unspecified atom stereocenters. The first-order valence-corrected chi connectivity index (χ1v) is 5.14. The van der Waals surface area contributed by atoms with Crippen molar-refractivity contribution in [3.8, 4) is 0 Å². The SMILES string of the molecule is CC1=CNC/C1=C(C)\C=C/NC(C)C. The van der Waals surface area contributed by atoms with Gasteiger partial charge in [0.25, 0.3) is 0 Å². The van der Waals surface area contributed by atoms with Gasteiger partial charge in [0.2, 0.25) is 0 Å². The maximum Gasteiger partial charge on any atom is 0.0401 e. The summed E-state index contributed by atoms with van der Waals surface area (Å²) in [6.07, 6.45) is 6.24. The van der Waals surface area contributed by atoms with E-state index in [1.807, 2.05) is 6.20 Å². The molecule has 14 heavy (non-hydrogen) atoms. The van der Waals surface area contributed by atoms with Gasteiger partial charge in [0.05, 0.1) is 0 Å². The van der Waals surface area contributed by atoms with Crippen LogP contribution >= 0.6 is 0 Å². The van der Waals surface area contributed by atoms with E-state index in [9.17, 15) is 0 Å². The van der Waals surface area contributed by atoms with Gasteiger partial charge in [-0.25, -0.2) is 0 Å². The van der Waals surface area contributed by atoms with Gasteiger partial charge in [-0.15, -0.1) is 0 Å². The Morgan fingerprint density at radius 1 is 1.57 bits per heavy atom. The molecule has 0 aromatic rings. The number of allylic oxidation sites excluding steroid dienone is 2. The van der Waals surface area contributed by atoms with Crippen LogP contribution in [0.5, 0.6) is 0 Å². The summed E-state index contributed by atoms with van der Waals surface area (Å²) in [6, 6.07) is 0.502. The summed E-state index contributed by atoms with van der Waals surface area (Å²) in [5.41, 5.74) is 4.08. The Hall–Kier alpha value is -1.18. The quantitative estimate of drug-likeness (QED) is 0.717. The third-order valence-corrected chi connectivity index (χ3v) is 2.31. The third kappa shape index (κ3) is 2.95. The highest BCUT2D eigenvalue weighted by Crippen LogP contribution is 2.17. The minimum absolute atomic E-state index is 0.502. The number of rotatable bonds is 3. The Kier molecular flexibility index (Phi) is 3.81. The minimum Gasteiger partial charge on any atom is -0.389 e. The summed E-state index contributed by atoms with van der Waals surface area (Å²) < 4.78 is 0.